The molecule has 0 saturated heterocycles. The van der Waals surface area contributed by atoms with Gasteiger partial charge in [-0.2, -0.15) is 0 Å². The van der Waals surface area contributed by atoms with Crippen LogP contribution in [0.25, 0.3) is 0 Å². The van der Waals surface area contributed by atoms with E-state index in [1.165, 1.54) is 11.3 Å². The fraction of sp³-hybridized carbons (Fsp3) is 0. The van der Waals surface area contributed by atoms with Gasteiger partial charge in [-0.25, -0.2) is 0 Å². The van der Waals surface area contributed by atoms with Crippen molar-refractivity contribution in [2.24, 2.45) is 0 Å². The Morgan fingerprint density at radius 1 is 0.516 bits per heavy atom. The van der Waals surface area contributed by atoms with Crippen molar-refractivity contribution in [1.82, 2.24) is 0 Å². The number of hydrogen-bond acceptors (Lipinski definition) is 3. The molecule has 3 aromatic rings. The lowest BCUT2D eigenvalue weighted by molar-refractivity contribution is 1.63. The Bertz CT molecular complexity index is 1270. The van der Waals surface area contributed by atoms with Gasteiger partial charge in [0.2, 0.25) is 0 Å². The summed E-state index contributed by atoms with van der Waals surface area (Å²) in [5.74, 6) is 24.0. The largest absolute Gasteiger partial charge is 0.398 e. The average Bonchev–Trinajstić information content (AvgIpc) is 3.23. The van der Waals surface area contributed by atoms with E-state index in [2.05, 4.69) is 47.4 Å². The molecule has 0 aliphatic rings. The predicted octanol–water partition coefficient (Wildman–Crippen LogP) is 4.83. The minimum absolute atomic E-state index is 0.671. The molecule has 0 unspecified atom stereocenters. The van der Waals surface area contributed by atoms with E-state index in [1.807, 2.05) is 60.7 Å². The Hall–Kier alpha value is -4.54. The zero-order chi connectivity index (χ0) is 21.7. The van der Waals surface area contributed by atoms with Gasteiger partial charge in [-0.3, -0.25) is 0 Å². The number of nitrogens with two attached hydrogens (primary N) is 2. The third-order valence-corrected chi connectivity index (χ3v) is 4.75. The van der Waals surface area contributed by atoms with E-state index in [4.69, 9.17) is 11.5 Å². The number of nitrogen functional groups attached to an aromatic ring is 2. The number of anilines is 2. The molecular formula is C28H18N2S. The van der Waals surface area contributed by atoms with Crippen LogP contribution in [-0.4, -0.2) is 0 Å². The maximum absolute atomic E-state index is 5.85. The highest BCUT2D eigenvalue weighted by Gasteiger charge is 1.93. The van der Waals surface area contributed by atoms with Crippen LogP contribution in [0.1, 0.15) is 20.9 Å². The molecule has 0 aliphatic heterocycles. The Labute approximate surface area is 187 Å². The summed E-state index contributed by atoms with van der Waals surface area (Å²) in [7, 11) is 0. The lowest BCUT2D eigenvalue weighted by Crippen LogP contribution is -1.87. The first-order chi connectivity index (χ1) is 15.2. The van der Waals surface area contributed by atoms with E-state index in [-0.39, 0.29) is 0 Å². The van der Waals surface area contributed by atoms with Crippen LogP contribution in [0, 0.1) is 47.4 Å². The average molecular weight is 415 g/mol. The van der Waals surface area contributed by atoms with Crippen LogP contribution in [0.15, 0.2) is 85.0 Å². The second-order valence-electron chi connectivity index (χ2n) is 6.08. The molecule has 0 bridgehead atoms. The Morgan fingerprint density at radius 2 is 0.903 bits per heavy atom. The molecule has 4 N–H and O–H groups in total. The summed E-state index contributed by atoms with van der Waals surface area (Å²) in [5.41, 5.74) is 14.7. The maximum atomic E-state index is 5.85. The summed E-state index contributed by atoms with van der Waals surface area (Å²) in [4.78, 5) is 1.88. The number of rotatable bonds is 0. The molecule has 1 heterocycles. The fourth-order valence-corrected chi connectivity index (χ4v) is 3.05. The summed E-state index contributed by atoms with van der Waals surface area (Å²) in [5, 5.41) is 0. The minimum Gasteiger partial charge on any atom is -0.398 e. The number of para-hydroxylation sites is 2. The summed E-state index contributed by atoms with van der Waals surface area (Å²) in [6, 6.07) is 18.9. The van der Waals surface area contributed by atoms with Crippen LogP contribution in [0.4, 0.5) is 11.4 Å². The topological polar surface area (TPSA) is 52.0 Å². The highest BCUT2D eigenvalue weighted by molar-refractivity contribution is 7.13. The number of benzene rings is 2. The molecule has 0 fully saturated rings. The second-order valence-corrected chi connectivity index (χ2v) is 7.17. The monoisotopic (exact) mass is 414 g/mol. The van der Waals surface area contributed by atoms with Crippen LogP contribution < -0.4 is 11.5 Å². The van der Waals surface area contributed by atoms with Gasteiger partial charge in [0.05, 0.1) is 9.75 Å². The van der Waals surface area contributed by atoms with Crippen LogP contribution in [0.5, 0.6) is 0 Å². The summed E-state index contributed by atoms with van der Waals surface area (Å²) in [6.07, 6.45) is 6.86. The zero-order valence-electron chi connectivity index (χ0n) is 16.6. The quantitative estimate of drug-likeness (QED) is 0.409. The standard InChI is InChI=1S/C28H18N2S/c29-27-19-11-9-15-23(27)13-5-1-3-7-17-25-21-22-26(31-25)18-8-4-2-6-14-24-16-10-12-20-28(24)30/h1-4,9-12,15-16,19-22H,29-30H2/b3-1-,4-2-. The molecule has 0 saturated carbocycles. The second kappa shape index (κ2) is 11.5. The van der Waals surface area contributed by atoms with E-state index in [1.54, 1.807) is 24.3 Å². The molecule has 0 amide bonds. The third kappa shape index (κ3) is 7.09. The summed E-state index contributed by atoms with van der Waals surface area (Å²) < 4.78 is 0. The Balaban J connectivity index is 1.53. The van der Waals surface area contributed by atoms with Gasteiger partial charge in [0, 0.05) is 22.5 Å². The Kier molecular flexibility index (Phi) is 7.83. The first kappa shape index (κ1) is 21.2. The molecule has 0 spiro atoms. The highest BCUT2D eigenvalue weighted by Crippen LogP contribution is 2.14. The molecule has 2 aromatic carbocycles. The maximum Gasteiger partial charge on any atom is 0.0785 e. The van der Waals surface area contributed by atoms with Crippen molar-refractivity contribution in [2.45, 2.75) is 0 Å². The number of allylic oxidation sites excluding steroid dienone is 4. The molecule has 0 radical (unpaired) electrons. The molecule has 3 heteroatoms. The Morgan fingerprint density at radius 3 is 1.32 bits per heavy atom. The molecular weight excluding hydrogens is 396 g/mol. The van der Waals surface area contributed by atoms with E-state index < -0.39 is 0 Å². The van der Waals surface area contributed by atoms with E-state index in [0.717, 1.165) is 20.9 Å². The molecule has 146 valence electrons. The van der Waals surface area contributed by atoms with Crippen molar-refractivity contribution >= 4 is 22.7 Å². The predicted molar refractivity (Wildman–Crippen MR) is 132 cm³/mol. The van der Waals surface area contributed by atoms with Gasteiger partial charge in [0.1, 0.15) is 0 Å². The van der Waals surface area contributed by atoms with Gasteiger partial charge in [-0.15, -0.1) is 11.3 Å². The van der Waals surface area contributed by atoms with E-state index in [9.17, 15) is 0 Å². The first-order valence-corrected chi connectivity index (χ1v) is 10.2. The third-order valence-electron chi connectivity index (χ3n) is 3.83. The normalized spacial score (nSPS) is 9.55. The van der Waals surface area contributed by atoms with Gasteiger partial charge >= 0.3 is 0 Å². The van der Waals surface area contributed by atoms with E-state index in [0.29, 0.717) is 11.4 Å². The molecule has 0 aliphatic carbocycles. The smallest absolute Gasteiger partial charge is 0.0785 e. The summed E-state index contributed by atoms with van der Waals surface area (Å²) in [6.45, 7) is 0. The van der Waals surface area contributed by atoms with Crippen molar-refractivity contribution in [2.75, 3.05) is 11.5 Å². The van der Waals surface area contributed by atoms with E-state index >= 15 is 0 Å². The molecule has 1 aromatic heterocycles. The van der Waals surface area contributed by atoms with Gasteiger partial charge in [-0.05, 0) is 60.7 Å². The summed E-state index contributed by atoms with van der Waals surface area (Å²) >= 11 is 1.54. The van der Waals surface area contributed by atoms with Crippen molar-refractivity contribution in [3.63, 3.8) is 0 Å². The SMILES string of the molecule is Nc1ccccc1C#C/C=C\C#Cc1ccc(C#C/C=C\C#Cc2ccccc2N)s1. The van der Waals surface area contributed by atoms with Crippen molar-refractivity contribution in [1.29, 1.82) is 0 Å². The lowest BCUT2D eigenvalue weighted by atomic mass is 10.2. The lowest BCUT2D eigenvalue weighted by Gasteiger charge is -1.93. The van der Waals surface area contributed by atoms with Crippen LogP contribution in [0.3, 0.4) is 0 Å². The van der Waals surface area contributed by atoms with Crippen molar-refractivity contribution in [3.8, 4) is 47.4 Å². The highest BCUT2D eigenvalue weighted by atomic mass is 32.1. The number of thiophene rings is 1. The first-order valence-electron chi connectivity index (χ1n) is 9.37. The van der Waals surface area contributed by atoms with Crippen LogP contribution >= 0.6 is 11.3 Å². The van der Waals surface area contributed by atoms with Gasteiger partial charge < -0.3 is 11.5 Å². The van der Waals surface area contributed by atoms with Crippen molar-refractivity contribution < 1.29 is 0 Å². The molecule has 2 nitrogen and oxygen atoms in total. The molecule has 0 atom stereocenters. The van der Waals surface area contributed by atoms with Gasteiger partial charge in [0.25, 0.3) is 0 Å². The number of hydrogen-bond donors (Lipinski definition) is 2. The molecule has 3 rings (SSSR count). The van der Waals surface area contributed by atoms with Crippen LogP contribution in [-0.2, 0) is 0 Å². The minimum atomic E-state index is 0.671. The zero-order valence-corrected chi connectivity index (χ0v) is 17.5. The van der Waals surface area contributed by atoms with Crippen molar-refractivity contribution in [3.05, 3.63) is 106 Å². The fourth-order valence-electron chi connectivity index (χ4n) is 2.33. The van der Waals surface area contributed by atoms with Gasteiger partial charge in [-0.1, -0.05) is 71.6 Å². The molecule has 31 heavy (non-hydrogen) atoms. The van der Waals surface area contributed by atoms with Crippen LogP contribution in [0.2, 0.25) is 0 Å². The van der Waals surface area contributed by atoms with Gasteiger partial charge in [0.15, 0.2) is 0 Å².